The van der Waals surface area contributed by atoms with Gasteiger partial charge < -0.3 is 0 Å². The van der Waals surface area contributed by atoms with E-state index in [0.717, 1.165) is 5.92 Å². The summed E-state index contributed by atoms with van der Waals surface area (Å²) in [6, 6.07) is 0.563. The molecular formula is C14H23N. The van der Waals surface area contributed by atoms with Crippen molar-refractivity contribution in [2.45, 2.75) is 32.7 Å². The normalized spacial score (nSPS) is 29.7. The minimum absolute atomic E-state index is 0.563. The molecule has 1 nitrogen and oxygen atoms in total. The van der Waals surface area contributed by atoms with Gasteiger partial charge in [0, 0.05) is 6.04 Å². The van der Waals surface area contributed by atoms with E-state index in [0.29, 0.717) is 6.04 Å². The number of hydrogen-bond acceptors (Lipinski definition) is 1. The zero-order valence-electron chi connectivity index (χ0n) is 10.2. The van der Waals surface area contributed by atoms with Crippen molar-refractivity contribution in [1.82, 2.24) is 4.90 Å². The van der Waals surface area contributed by atoms with Crippen LogP contribution in [-0.2, 0) is 0 Å². The van der Waals surface area contributed by atoms with Gasteiger partial charge >= 0.3 is 0 Å². The molecule has 0 bridgehead atoms. The summed E-state index contributed by atoms with van der Waals surface area (Å²) in [5.41, 5.74) is 1.39. The molecule has 0 radical (unpaired) electrons. The second-order valence-electron chi connectivity index (χ2n) is 4.45. The highest BCUT2D eigenvalue weighted by Crippen LogP contribution is 2.27. The summed E-state index contributed by atoms with van der Waals surface area (Å²) >= 11 is 0. The number of piperidine rings is 1. The van der Waals surface area contributed by atoms with Gasteiger partial charge in [0.05, 0.1) is 0 Å². The predicted molar refractivity (Wildman–Crippen MR) is 67.9 cm³/mol. The third-order valence-electron chi connectivity index (χ3n) is 3.20. The monoisotopic (exact) mass is 205 g/mol. The zero-order chi connectivity index (χ0) is 11.3. The molecule has 15 heavy (non-hydrogen) atoms. The van der Waals surface area contributed by atoms with E-state index in [9.17, 15) is 0 Å². The molecule has 1 fully saturated rings. The highest BCUT2D eigenvalue weighted by atomic mass is 15.1. The van der Waals surface area contributed by atoms with Crippen LogP contribution in [-0.4, -0.2) is 24.5 Å². The molecule has 1 aliphatic rings. The van der Waals surface area contributed by atoms with Crippen molar-refractivity contribution in [3.8, 4) is 0 Å². The summed E-state index contributed by atoms with van der Waals surface area (Å²) in [6.07, 6.45) is 11.0. The first-order chi connectivity index (χ1) is 7.20. The van der Waals surface area contributed by atoms with Gasteiger partial charge in [-0.1, -0.05) is 37.8 Å². The lowest BCUT2D eigenvalue weighted by Crippen LogP contribution is -2.42. The third kappa shape index (κ3) is 3.07. The maximum absolute atomic E-state index is 3.80. The first kappa shape index (κ1) is 12.3. The fourth-order valence-electron chi connectivity index (χ4n) is 2.56. The van der Waals surface area contributed by atoms with Gasteiger partial charge in [0.2, 0.25) is 0 Å². The van der Waals surface area contributed by atoms with Crippen LogP contribution in [0.5, 0.6) is 0 Å². The maximum atomic E-state index is 3.80. The van der Waals surface area contributed by atoms with Crippen LogP contribution in [0.15, 0.2) is 36.5 Å². The standard InChI is InChI=1S/C14H23N/c1-5-8-13(9-6-2)14-12(3)10-7-11-15(14)4/h5-6,8-9,12,14H,1,7,10-11H2,2-4H3/b9-6-,13-8+/t12-,14+/m0/s1. The smallest absolute Gasteiger partial charge is 0.0370 e. The highest BCUT2D eigenvalue weighted by Gasteiger charge is 2.27. The Balaban J connectivity index is 2.88. The fourth-order valence-corrected chi connectivity index (χ4v) is 2.56. The second-order valence-corrected chi connectivity index (χ2v) is 4.45. The van der Waals surface area contributed by atoms with Gasteiger partial charge in [-0.25, -0.2) is 0 Å². The molecule has 1 heterocycles. The summed E-state index contributed by atoms with van der Waals surface area (Å²) in [6.45, 7) is 9.43. The zero-order valence-corrected chi connectivity index (χ0v) is 10.2. The van der Waals surface area contributed by atoms with E-state index in [1.54, 1.807) is 0 Å². The Morgan fingerprint density at radius 3 is 2.73 bits per heavy atom. The molecule has 0 saturated carbocycles. The molecule has 0 spiro atoms. The Morgan fingerprint density at radius 1 is 1.47 bits per heavy atom. The van der Waals surface area contributed by atoms with Crippen molar-refractivity contribution < 1.29 is 0 Å². The lowest BCUT2D eigenvalue weighted by Gasteiger charge is -2.38. The van der Waals surface area contributed by atoms with Crippen molar-refractivity contribution in [2.24, 2.45) is 5.92 Å². The van der Waals surface area contributed by atoms with E-state index in [1.165, 1.54) is 25.0 Å². The second kappa shape index (κ2) is 5.92. The fraction of sp³-hybridized carbons (Fsp3) is 0.571. The lowest BCUT2D eigenvalue weighted by atomic mass is 9.86. The van der Waals surface area contributed by atoms with Crippen LogP contribution in [0, 0.1) is 5.92 Å². The minimum atomic E-state index is 0.563. The quantitative estimate of drug-likeness (QED) is 0.638. The number of likely N-dealkylation sites (N-methyl/N-ethyl adjacent to an activating group) is 1. The van der Waals surface area contributed by atoms with Crippen LogP contribution in [0.25, 0.3) is 0 Å². The summed E-state index contributed by atoms with van der Waals surface area (Å²) in [4.78, 5) is 2.46. The Morgan fingerprint density at radius 2 is 2.20 bits per heavy atom. The van der Waals surface area contributed by atoms with Gasteiger partial charge in [-0.05, 0) is 44.8 Å². The molecule has 1 heteroatoms. The topological polar surface area (TPSA) is 3.24 Å². The number of rotatable bonds is 3. The summed E-state index contributed by atoms with van der Waals surface area (Å²) in [7, 11) is 2.22. The van der Waals surface area contributed by atoms with Crippen molar-refractivity contribution in [2.75, 3.05) is 13.6 Å². The number of likely N-dealkylation sites (tertiary alicyclic amines) is 1. The molecule has 0 N–H and O–H groups in total. The Bertz CT molecular complexity index is 253. The van der Waals surface area contributed by atoms with Gasteiger partial charge in [0.15, 0.2) is 0 Å². The van der Waals surface area contributed by atoms with Gasteiger partial charge in [0.25, 0.3) is 0 Å². The van der Waals surface area contributed by atoms with E-state index < -0.39 is 0 Å². The SMILES string of the molecule is C=C/C=C(\C=C/C)[C@H]1[C@@H](C)CCCN1C. The average Bonchev–Trinajstić information content (AvgIpc) is 2.18. The molecular weight excluding hydrogens is 182 g/mol. The molecule has 84 valence electrons. The minimum Gasteiger partial charge on any atom is -0.299 e. The largest absolute Gasteiger partial charge is 0.299 e. The van der Waals surface area contributed by atoms with E-state index in [1.807, 2.05) is 6.08 Å². The summed E-state index contributed by atoms with van der Waals surface area (Å²) in [5, 5.41) is 0. The first-order valence-corrected chi connectivity index (χ1v) is 5.86. The van der Waals surface area contributed by atoms with Crippen molar-refractivity contribution in [3.05, 3.63) is 36.5 Å². The number of allylic oxidation sites excluding steroid dienone is 3. The van der Waals surface area contributed by atoms with E-state index in [2.05, 4.69) is 50.6 Å². The molecule has 0 amide bonds. The molecule has 2 atom stereocenters. The van der Waals surface area contributed by atoms with E-state index in [4.69, 9.17) is 0 Å². The van der Waals surface area contributed by atoms with Gasteiger partial charge in [0.1, 0.15) is 0 Å². The van der Waals surface area contributed by atoms with Gasteiger partial charge in [-0.15, -0.1) is 0 Å². The molecule has 0 aromatic rings. The molecule has 0 unspecified atom stereocenters. The Kier molecular flexibility index (Phi) is 4.83. The van der Waals surface area contributed by atoms with E-state index in [-0.39, 0.29) is 0 Å². The molecule has 0 aromatic heterocycles. The molecule has 1 rings (SSSR count). The van der Waals surface area contributed by atoms with Crippen LogP contribution in [0.4, 0.5) is 0 Å². The molecule has 1 saturated heterocycles. The predicted octanol–water partition coefficient (Wildman–Crippen LogP) is 3.41. The van der Waals surface area contributed by atoms with Gasteiger partial charge in [-0.3, -0.25) is 4.90 Å². The number of nitrogens with zero attached hydrogens (tertiary/aromatic N) is 1. The molecule has 0 aromatic carbocycles. The number of hydrogen-bond donors (Lipinski definition) is 0. The Labute approximate surface area is 94.2 Å². The average molecular weight is 205 g/mol. The van der Waals surface area contributed by atoms with Crippen LogP contribution in [0.2, 0.25) is 0 Å². The van der Waals surface area contributed by atoms with Gasteiger partial charge in [-0.2, -0.15) is 0 Å². The van der Waals surface area contributed by atoms with Crippen molar-refractivity contribution in [1.29, 1.82) is 0 Å². The van der Waals surface area contributed by atoms with Crippen LogP contribution >= 0.6 is 0 Å². The maximum Gasteiger partial charge on any atom is 0.0370 e. The third-order valence-corrected chi connectivity index (χ3v) is 3.20. The van der Waals surface area contributed by atoms with Crippen LogP contribution in [0.1, 0.15) is 26.7 Å². The summed E-state index contributed by atoms with van der Waals surface area (Å²) < 4.78 is 0. The van der Waals surface area contributed by atoms with Crippen LogP contribution < -0.4 is 0 Å². The van der Waals surface area contributed by atoms with E-state index >= 15 is 0 Å². The summed E-state index contributed by atoms with van der Waals surface area (Å²) in [5.74, 6) is 0.742. The molecule has 1 aliphatic heterocycles. The van der Waals surface area contributed by atoms with Crippen LogP contribution in [0.3, 0.4) is 0 Å². The Hall–Kier alpha value is -0.820. The molecule has 0 aliphatic carbocycles. The lowest BCUT2D eigenvalue weighted by molar-refractivity contribution is 0.160. The highest BCUT2D eigenvalue weighted by molar-refractivity contribution is 5.29. The van der Waals surface area contributed by atoms with Crippen molar-refractivity contribution in [3.63, 3.8) is 0 Å². The first-order valence-electron chi connectivity index (χ1n) is 5.86. The van der Waals surface area contributed by atoms with Crippen molar-refractivity contribution >= 4 is 0 Å².